The van der Waals surface area contributed by atoms with Gasteiger partial charge < -0.3 is 9.47 Å². The predicted molar refractivity (Wildman–Crippen MR) is 162 cm³/mol. The molecule has 4 nitrogen and oxygen atoms in total. The Morgan fingerprint density at radius 2 is 1.33 bits per heavy atom. The van der Waals surface area contributed by atoms with Crippen LogP contribution >= 0.6 is 0 Å². The molecule has 1 aromatic heterocycles. The third-order valence-corrected chi connectivity index (χ3v) is 7.39. The largest absolute Gasteiger partial charge is 0.462 e. The van der Waals surface area contributed by atoms with Gasteiger partial charge in [-0.25, -0.2) is 4.79 Å². The number of aryl methyl sites for hydroxylation is 1. The van der Waals surface area contributed by atoms with Gasteiger partial charge in [0.2, 0.25) is 0 Å². The summed E-state index contributed by atoms with van der Waals surface area (Å²) in [6.07, 6.45) is 7.38. The normalized spacial score (nSPS) is 12.3. The van der Waals surface area contributed by atoms with E-state index in [0.717, 1.165) is 42.1 Å². The Kier molecular flexibility index (Phi) is 14.0. The van der Waals surface area contributed by atoms with Crippen molar-refractivity contribution in [3.05, 3.63) is 78.0 Å². The molecule has 0 N–H and O–H groups in total. The molecule has 0 bridgehead atoms. The molecule has 0 spiro atoms. The molecule has 0 aliphatic carbocycles. The van der Waals surface area contributed by atoms with Gasteiger partial charge in [-0.15, -0.1) is 0 Å². The summed E-state index contributed by atoms with van der Waals surface area (Å²) in [6, 6.07) is 20.0. The number of aromatic nitrogens is 1. The summed E-state index contributed by atoms with van der Waals surface area (Å²) < 4.78 is 47.4. The van der Waals surface area contributed by atoms with E-state index < -0.39 is 18.2 Å². The maximum absolute atomic E-state index is 12.4. The van der Waals surface area contributed by atoms with E-state index in [0.29, 0.717) is 24.8 Å². The van der Waals surface area contributed by atoms with Crippen molar-refractivity contribution >= 4 is 5.97 Å². The molecule has 1 atom stereocenters. The second-order valence-electron chi connectivity index (χ2n) is 10.8. The number of nitrogens with zero attached hydrogens (tertiary/aromatic N) is 1. The van der Waals surface area contributed by atoms with Gasteiger partial charge in [0, 0.05) is 23.9 Å². The van der Waals surface area contributed by atoms with Crippen LogP contribution < -0.4 is 0 Å². The van der Waals surface area contributed by atoms with Crippen LogP contribution in [0.4, 0.5) is 13.2 Å². The number of hydrogen-bond acceptors (Lipinski definition) is 4. The molecule has 0 amide bonds. The van der Waals surface area contributed by atoms with Crippen LogP contribution in [0.25, 0.3) is 22.4 Å². The Hall–Kier alpha value is -3.19. The number of unbranched alkanes of at least 4 members (excludes halogenated alkanes) is 8. The summed E-state index contributed by atoms with van der Waals surface area (Å²) in [4.78, 5) is 17.0. The quantitative estimate of drug-likeness (QED) is 0.110. The number of hydrogen-bond donors (Lipinski definition) is 0. The summed E-state index contributed by atoms with van der Waals surface area (Å²) >= 11 is 0. The van der Waals surface area contributed by atoms with Crippen LogP contribution in [0, 0.1) is 0 Å². The summed E-state index contributed by atoms with van der Waals surface area (Å²) in [7, 11) is 0. The Morgan fingerprint density at radius 1 is 0.738 bits per heavy atom. The van der Waals surface area contributed by atoms with E-state index in [1.165, 1.54) is 44.1 Å². The van der Waals surface area contributed by atoms with Crippen LogP contribution in [0.3, 0.4) is 0 Å². The third kappa shape index (κ3) is 11.6. The maximum Gasteiger partial charge on any atom is 0.414 e. The molecule has 0 saturated carbocycles. The van der Waals surface area contributed by atoms with Crippen LogP contribution in [0.1, 0.15) is 94.0 Å². The topological polar surface area (TPSA) is 48.4 Å². The summed E-state index contributed by atoms with van der Waals surface area (Å²) in [5.41, 5.74) is 5.78. The number of carbonyl (C=O) groups excluding carboxylic acids is 1. The average Bonchev–Trinajstić information content (AvgIpc) is 3.00. The lowest BCUT2D eigenvalue weighted by Crippen LogP contribution is -2.28. The average molecular weight is 584 g/mol. The minimum absolute atomic E-state index is 0.0670. The van der Waals surface area contributed by atoms with E-state index in [4.69, 9.17) is 9.47 Å². The molecular weight excluding hydrogens is 539 g/mol. The van der Waals surface area contributed by atoms with Gasteiger partial charge in [-0.2, -0.15) is 13.2 Å². The van der Waals surface area contributed by atoms with Crippen LogP contribution in [-0.2, 0) is 15.9 Å². The van der Waals surface area contributed by atoms with Gasteiger partial charge in [-0.05, 0) is 68.4 Å². The van der Waals surface area contributed by atoms with Gasteiger partial charge in [-0.1, -0.05) is 87.9 Å². The van der Waals surface area contributed by atoms with E-state index in [9.17, 15) is 18.0 Å². The Labute approximate surface area is 248 Å². The molecule has 1 unspecified atom stereocenters. The van der Waals surface area contributed by atoms with Crippen molar-refractivity contribution in [3.63, 3.8) is 0 Å². The fraction of sp³-hybridized carbons (Fsp3) is 0.486. The van der Waals surface area contributed by atoms with Crippen molar-refractivity contribution in [2.75, 3.05) is 13.2 Å². The standard InChI is InChI=1S/C35H44F3NO3/c1-3-4-5-6-7-10-13-28-14-16-30(17-15-28)33-23-22-32(26-39-33)29-18-20-31(21-19-29)34(40)42-25-12-9-8-11-24-41-27(2)35(36,37)38/h14-23,26-27H,3-13,24-25H2,1-2H3. The molecule has 0 aliphatic heterocycles. The van der Waals surface area contributed by atoms with Crippen molar-refractivity contribution in [2.24, 2.45) is 0 Å². The third-order valence-electron chi connectivity index (χ3n) is 7.39. The molecule has 2 aromatic carbocycles. The molecule has 0 fully saturated rings. The fourth-order valence-corrected chi connectivity index (χ4v) is 4.65. The zero-order chi connectivity index (χ0) is 30.2. The molecule has 228 valence electrons. The van der Waals surface area contributed by atoms with Crippen molar-refractivity contribution in [3.8, 4) is 22.4 Å². The summed E-state index contributed by atoms with van der Waals surface area (Å²) in [5, 5.41) is 0. The lowest BCUT2D eigenvalue weighted by atomic mass is 10.0. The number of rotatable bonds is 18. The highest BCUT2D eigenvalue weighted by Crippen LogP contribution is 2.25. The number of carbonyl (C=O) groups is 1. The predicted octanol–water partition coefficient (Wildman–Crippen LogP) is 10.0. The first-order valence-electron chi connectivity index (χ1n) is 15.3. The number of ether oxygens (including phenoxy) is 2. The second-order valence-corrected chi connectivity index (χ2v) is 10.8. The molecule has 1 heterocycles. The van der Waals surface area contributed by atoms with Crippen LogP contribution in [0.15, 0.2) is 66.9 Å². The van der Waals surface area contributed by atoms with Gasteiger partial charge in [0.05, 0.1) is 17.9 Å². The summed E-state index contributed by atoms with van der Waals surface area (Å²) in [5.74, 6) is -0.391. The van der Waals surface area contributed by atoms with Crippen molar-refractivity contribution < 1.29 is 27.4 Å². The zero-order valence-corrected chi connectivity index (χ0v) is 24.9. The van der Waals surface area contributed by atoms with E-state index in [2.05, 4.69) is 36.2 Å². The monoisotopic (exact) mass is 583 g/mol. The maximum atomic E-state index is 12.4. The molecule has 0 saturated heterocycles. The highest BCUT2D eigenvalue weighted by Gasteiger charge is 2.36. The molecule has 0 radical (unpaired) electrons. The van der Waals surface area contributed by atoms with E-state index in [1.807, 2.05) is 30.5 Å². The van der Waals surface area contributed by atoms with Gasteiger partial charge >= 0.3 is 12.1 Å². The first-order valence-corrected chi connectivity index (χ1v) is 15.3. The van der Waals surface area contributed by atoms with E-state index in [1.54, 1.807) is 12.1 Å². The molecule has 42 heavy (non-hydrogen) atoms. The molecule has 3 aromatic rings. The van der Waals surface area contributed by atoms with Gasteiger partial charge in [0.25, 0.3) is 0 Å². The van der Waals surface area contributed by atoms with Gasteiger partial charge in [0.1, 0.15) is 0 Å². The summed E-state index contributed by atoms with van der Waals surface area (Å²) in [6.45, 7) is 3.59. The molecule has 7 heteroatoms. The second kappa shape index (κ2) is 17.7. The molecule has 0 aliphatic rings. The highest BCUT2D eigenvalue weighted by atomic mass is 19.4. The van der Waals surface area contributed by atoms with E-state index >= 15 is 0 Å². The highest BCUT2D eigenvalue weighted by molar-refractivity contribution is 5.90. The van der Waals surface area contributed by atoms with E-state index in [-0.39, 0.29) is 13.2 Å². The minimum atomic E-state index is -4.33. The molecule has 3 rings (SSSR count). The Morgan fingerprint density at radius 3 is 1.98 bits per heavy atom. The fourth-order valence-electron chi connectivity index (χ4n) is 4.65. The van der Waals surface area contributed by atoms with Crippen LogP contribution in [0.5, 0.6) is 0 Å². The van der Waals surface area contributed by atoms with Crippen LogP contribution in [0.2, 0.25) is 0 Å². The number of halogens is 3. The Balaban J connectivity index is 1.37. The lowest BCUT2D eigenvalue weighted by molar-refractivity contribution is -0.214. The van der Waals surface area contributed by atoms with Gasteiger partial charge in [-0.3, -0.25) is 4.98 Å². The van der Waals surface area contributed by atoms with Crippen LogP contribution in [-0.4, -0.2) is 36.4 Å². The Bertz CT molecular complexity index is 1180. The van der Waals surface area contributed by atoms with Gasteiger partial charge in [0.15, 0.2) is 6.10 Å². The zero-order valence-electron chi connectivity index (χ0n) is 24.9. The van der Waals surface area contributed by atoms with Crippen molar-refractivity contribution in [1.82, 2.24) is 4.98 Å². The minimum Gasteiger partial charge on any atom is -0.462 e. The lowest BCUT2D eigenvalue weighted by Gasteiger charge is -2.16. The van der Waals surface area contributed by atoms with Crippen molar-refractivity contribution in [1.29, 1.82) is 0 Å². The first kappa shape index (κ1) is 33.3. The smallest absolute Gasteiger partial charge is 0.414 e. The number of esters is 1. The SMILES string of the molecule is CCCCCCCCc1ccc(-c2ccc(-c3ccc(C(=O)OCCCCCCOC(C)C(F)(F)F)cc3)cn2)cc1. The number of benzene rings is 2. The number of alkyl halides is 3. The first-order chi connectivity index (χ1) is 20.3. The van der Waals surface area contributed by atoms with Crippen molar-refractivity contribution in [2.45, 2.75) is 96.8 Å². The molecular formula is C35H44F3NO3. The number of pyridine rings is 1.